The van der Waals surface area contributed by atoms with Gasteiger partial charge in [-0.1, -0.05) is 35.9 Å². The lowest BCUT2D eigenvalue weighted by molar-refractivity contribution is 0.0955. The lowest BCUT2D eigenvalue weighted by Crippen LogP contribution is -2.39. The minimum absolute atomic E-state index is 0. The quantitative estimate of drug-likeness (QED) is 0.215. The van der Waals surface area contributed by atoms with E-state index in [9.17, 15) is 4.79 Å². The van der Waals surface area contributed by atoms with Gasteiger partial charge in [0.1, 0.15) is 5.75 Å². The Labute approximate surface area is 201 Å². The number of hydrogen-bond donors (Lipinski definition) is 2. The number of hydrogen-bond acceptors (Lipinski definition) is 3. The first-order valence-electron chi connectivity index (χ1n) is 9.79. The van der Waals surface area contributed by atoms with Gasteiger partial charge in [-0.2, -0.15) is 0 Å². The minimum atomic E-state index is -0.196. The second-order valence-electron chi connectivity index (χ2n) is 6.40. The summed E-state index contributed by atoms with van der Waals surface area (Å²) >= 11 is 6.06. The Balaban J connectivity index is 0.00000450. The van der Waals surface area contributed by atoms with E-state index in [2.05, 4.69) is 32.7 Å². The summed E-state index contributed by atoms with van der Waals surface area (Å²) in [6.45, 7) is 7.02. The highest BCUT2D eigenvalue weighted by Gasteiger charge is 2.09. The summed E-state index contributed by atoms with van der Waals surface area (Å²) in [5, 5.41) is 6.58. The zero-order chi connectivity index (χ0) is 21.1. The molecule has 0 saturated carbocycles. The first-order chi connectivity index (χ1) is 14.0. The maximum Gasteiger partial charge on any atom is 0.252 e. The van der Waals surface area contributed by atoms with Crippen LogP contribution in [0.4, 0.5) is 0 Å². The number of carbonyl (C=O) groups is 1. The van der Waals surface area contributed by atoms with Crippen molar-refractivity contribution in [2.24, 2.45) is 4.99 Å². The van der Waals surface area contributed by atoms with Crippen LogP contribution in [0.15, 0.2) is 53.5 Å². The molecule has 0 heterocycles. The number of nitrogens with one attached hydrogen (secondary N) is 2. The maximum absolute atomic E-state index is 12.2. The van der Waals surface area contributed by atoms with Crippen LogP contribution >= 0.6 is 35.6 Å². The van der Waals surface area contributed by atoms with E-state index in [0.29, 0.717) is 36.8 Å². The number of ether oxygens (including phenoxy) is 1. The molecule has 164 valence electrons. The van der Waals surface area contributed by atoms with E-state index in [1.165, 1.54) is 0 Å². The van der Waals surface area contributed by atoms with Crippen molar-refractivity contribution in [1.82, 2.24) is 15.5 Å². The van der Waals surface area contributed by atoms with E-state index in [4.69, 9.17) is 16.3 Å². The fourth-order valence-electron chi connectivity index (χ4n) is 2.75. The summed E-state index contributed by atoms with van der Waals surface area (Å²) in [4.78, 5) is 18.9. The van der Waals surface area contributed by atoms with Crippen molar-refractivity contribution in [1.29, 1.82) is 0 Å². The molecule has 0 aromatic heterocycles. The van der Waals surface area contributed by atoms with Gasteiger partial charge in [-0.15, -0.1) is 24.0 Å². The highest BCUT2D eigenvalue weighted by atomic mass is 127. The second-order valence-corrected chi connectivity index (χ2v) is 6.81. The summed E-state index contributed by atoms with van der Waals surface area (Å²) in [5.41, 5.74) is 1.63. The zero-order valence-electron chi connectivity index (χ0n) is 17.7. The van der Waals surface area contributed by atoms with E-state index >= 15 is 0 Å². The first kappa shape index (κ1) is 26.0. The van der Waals surface area contributed by atoms with Crippen LogP contribution in [0.2, 0.25) is 5.02 Å². The largest absolute Gasteiger partial charge is 0.494 e. The number of rotatable bonds is 9. The van der Waals surface area contributed by atoms with Gasteiger partial charge in [0.25, 0.3) is 5.91 Å². The van der Waals surface area contributed by atoms with Gasteiger partial charge in [0.05, 0.1) is 23.7 Å². The SMILES string of the molecule is CCNC(=NCCNC(=O)c1ccccc1Cl)N(C)Cc1ccc(OCC)cc1.I. The third kappa shape index (κ3) is 8.39. The van der Waals surface area contributed by atoms with Crippen molar-refractivity contribution in [3.63, 3.8) is 0 Å². The van der Waals surface area contributed by atoms with Crippen LogP contribution in [0.1, 0.15) is 29.8 Å². The Hall–Kier alpha value is -2.00. The molecule has 0 aliphatic carbocycles. The molecule has 30 heavy (non-hydrogen) atoms. The van der Waals surface area contributed by atoms with Crippen molar-refractivity contribution < 1.29 is 9.53 Å². The van der Waals surface area contributed by atoms with E-state index in [0.717, 1.165) is 23.8 Å². The normalized spacial score (nSPS) is 10.7. The van der Waals surface area contributed by atoms with Crippen molar-refractivity contribution >= 4 is 47.4 Å². The third-order valence-electron chi connectivity index (χ3n) is 4.13. The molecular weight excluding hydrogens is 515 g/mol. The molecule has 0 spiro atoms. The van der Waals surface area contributed by atoms with Gasteiger partial charge in [0.2, 0.25) is 0 Å². The lowest BCUT2D eigenvalue weighted by atomic mass is 10.2. The van der Waals surface area contributed by atoms with Crippen LogP contribution in [0, 0.1) is 0 Å². The van der Waals surface area contributed by atoms with E-state index in [1.807, 2.05) is 33.0 Å². The monoisotopic (exact) mass is 544 g/mol. The second kappa shape index (κ2) is 14.1. The molecule has 0 radical (unpaired) electrons. The standard InChI is InChI=1S/C22H29ClN4O2.HI/c1-4-24-22(27(3)16-17-10-12-18(13-11-17)29-5-2)26-15-14-25-21(28)19-8-6-7-9-20(19)23;/h6-13H,4-5,14-16H2,1-3H3,(H,24,26)(H,25,28);1H. The number of benzene rings is 2. The predicted octanol–water partition coefficient (Wildman–Crippen LogP) is 4.18. The maximum atomic E-state index is 12.2. The fraction of sp³-hybridized carbons (Fsp3) is 0.364. The van der Waals surface area contributed by atoms with Crippen LogP contribution in [-0.2, 0) is 6.54 Å². The van der Waals surface area contributed by atoms with Crippen LogP contribution < -0.4 is 15.4 Å². The summed E-state index contributed by atoms with van der Waals surface area (Å²) in [6.07, 6.45) is 0. The van der Waals surface area contributed by atoms with Gasteiger partial charge < -0.3 is 20.3 Å². The molecule has 0 atom stereocenters. The van der Waals surface area contributed by atoms with Gasteiger partial charge >= 0.3 is 0 Å². The molecule has 0 saturated heterocycles. The average molecular weight is 545 g/mol. The number of carbonyl (C=O) groups excluding carboxylic acids is 1. The van der Waals surface area contributed by atoms with E-state index < -0.39 is 0 Å². The molecule has 0 bridgehead atoms. The molecular formula is C22H30ClIN4O2. The summed E-state index contributed by atoms with van der Waals surface area (Å²) < 4.78 is 5.48. The minimum Gasteiger partial charge on any atom is -0.494 e. The van der Waals surface area contributed by atoms with Gasteiger partial charge in [-0.3, -0.25) is 9.79 Å². The summed E-state index contributed by atoms with van der Waals surface area (Å²) in [7, 11) is 1.99. The number of guanidine groups is 1. The topological polar surface area (TPSA) is 66.0 Å². The third-order valence-corrected chi connectivity index (χ3v) is 4.46. The van der Waals surface area contributed by atoms with Crippen molar-refractivity contribution in [2.75, 3.05) is 33.3 Å². The van der Waals surface area contributed by atoms with Gasteiger partial charge in [0, 0.05) is 26.7 Å². The zero-order valence-corrected chi connectivity index (χ0v) is 20.7. The summed E-state index contributed by atoms with van der Waals surface area (Å²) in [5.74, 6) is 1.46. The first-order valence-corrected chi connectivity index (χ1v) is 10.2. The molecule has 2 N–H and O–H groups in total. The van der Waals surface area contributed by atoms with Crippen molar-refractivity contribution in [2.45, 2.75) is 20.4 Å². The van der Waals surface area contributed by atoms with Gasteiger partial charge in [0.15, 0.2) is 5.96 Å². The summed E-state index contributed by atoms with van der Waals surface area (Å²) in [6, 6.07) is 15.0. The molecule has 2 rings (SSSR count). The Kier molecular flexibility index (Phi) is 12.2. The van der Waals surface area contributed by atoms with Gasteiger partial charge in [-0.05, 0) is 43.7 Å². The molecule has 1 amide bonds. The van der Waals surface area contributed by atoms with E-state index in [-0.39, 0.29) is 29.9 Å². The average Bonchev–Trinajstić information content (AvgIpc) is 2.72. The molecule has 8 heteroatoms. The highest BCUT2D eigenvalue weighted by Crippen LogP contribution is 2.14. The van der Waals surface area contributed by atoms with Crippen LogP contribution in [-0.4, -0.2) is 50.1 Å². The van der Waals surface area contributed by atoms with Crippen molar-refractivity contribution in [3.05, 3.63) is 64.7 Å². The van der Waals surface area contributed by atoms with E-state index in [1.54, 1.807) is 24.3 Å². The molecule has 6 nitrogen and oxygen atoms in total. The Bertz CT molecular complexity index is 815. The predicted molar refractivity (Wildman–Crippen MR) is 134 cm³/mol. The van der Waals surface area contributed by atoms with Crippen LogP contribution in [0.25, 0.3) is 0 Å². The van der Waals surface area contributed by atoms with Crippen molar-refractivity contribution in [3.8, 4) is 5.75 Å². The highest BCUT2D eigenvalue weighted by molar-refractivity contribution is 14.0. The number of aliphatic imine (C=N–C) groups is 1. The molecule has 0 fully saturated rings. The Morgan fingerprint density at radius 3 is 2.43 bits per heavy atom. The molecule has 2 aromatic rings. The lowest BCUT2D eigenvalue weighted by Gasteiger charge is -2.22. The molecule has 0 unspecified atom stereocenters. The Morgan fingerprint density at radius 2 is 1.80 bits per heavy atom. The van der Waals surface area contributed by atoms with Crippen LogP contribution in [0.5, 0.6) is 5.75 Å². The number of nitrogens with zero attached hydrogens (tertiary/aromatic N) is 2. The Morgan fingerprint density at radius 1 is 1.10 bits per heavy atom. The van der Waals surface area contributed by atoms with Gasteiger partial charge in [-0.25, -0.2) is 0 Å². The fourth-order valence-corrected chi connectivity index (χ4v) is 2.97. The number of halogens is 2. The smallest absolute Gasteiger partial charge is 0.252 e. The molecule has 2 aromatic carbocycles. The number of amides is 1. The molecule has 0 aliphatic rings. The van der Waals surface area contributed by atoms with Crippen LogP contribution in [0.3, 0.4) is 0 Å². The molecule has 0 aliphatic heterocycles.